The Morgan fingerprint density at radius 3 is 1.43 bits per heavy atom. The summed E-state index contributed by atoms with van der Waals surface area (Å²) in [5.41, 5.74) is 0.174. The summed E-state index contributed by atoms with van der Waals surface area (Å²) in [5, 5.41) is 0. The van der Waals surface area contributed by atoms with Crippen LogP contribution in [0.4, 0.5) is 0 Å². The highest BCUT2D eigenvalue weighted by atomic mass is 16.7. The molecule has 0 amide bonds. The lowest BCUT2D eigenvalue weighted by Crippen LogP contribution is -2.54. The SMILES string of the molecule is CC(=O)OC[C@H]1OC(OC(C)=O)[C@H](OC(C)=O)[C@H](OC(C)=O)[C@@H](OC(=O)c2ccccc2)[C@@H]1OC(=O)c1ccccc1. The molecule has 0 saturated carbocycles. The van der Waals surface area contributed by atoms with Gasteiger partial charge in [-0.1, -0.05) is 36.4 Å². The number of carbonyl (C=O) groups excluding carboxylic acids is 6. The molecule has 42 heavy (non-hydrogen) atoms. The fourth-order valence-electron chi connectivity index (χ4n) is 4.11. The third kappa shape index (κ3) is 8.86. The van der Waals surface area contributed by atoms with E-state index in [0.29, 0.717) is 0 Å². The number of benzene rings is 2. The van der Waals surface area contributed by atoms with Crippen molar-refractivity contribution >= 4 is 35.8 Å². The Kier molecular flexibility index (Phi) is 11.1. The molecule has 1 unspecified atom stereocenters. The van der Waals surface area contributed by atoms with Crippen LogP contribution in [0.1, 0.15) is 48.4 Å². The molecule has 1 heterocycles. The van der Waals surface area contributed by atoms with Crippen molar-refractivity contribution in [3.05, 3.63) is 71.8 Å². The second-order valence-corrected chi connectivity index (χ2v) is 9.07. The van der Waals surface area contributed by atoms with E-state index in [1.165, 1.54) is 24.3 Å². The van der Waals surface area contributed by atoms with Crippen molar-refractivity contribution in [3.8, 4) is 0 Å². The lowest BCUT2D eigenvalue weighted by molar-refractivity contribution is -0.239. The van der Waals surface area contributed by atoms with Crippen LogP contribution in [0.2, 0.25) is 0 Å². The third-order valence-corrected chi connectivity index (χ3v) is 5.76. The molecular weight excluding hydrogens is 556 g/mol. The molecule has 0 N–H and O–H groups in total. The van der Waals surface area contributed by atoms with Gasteiger partial charge in [0.25, 0.3) is 0 Å². The molecule has 13 heteroatoms. The smallest absolute Gasteiger partial charge is 0.338 e. The summed E-state index contributed by atoms with van der Waals surface area (Å²) in [7, 11) is 0. The van der Waals surface area contributed by atoms with Crippen molar-refractivity contribution in [2.75, 3.05) is 6.61 Å². The van der Waals surface area contributed by atoms with E-state index in [-0.39, 0.29) is 11.1 Å². The molecule has 0 bridgehead atoms. The summed E-state index contributed by atoms with van der Waals surface area (Å²) in [5.74, 6) is -5.28. The minimum absolute atomic E-state index is 0.0782. The van der Waals surface area contributed by atoms with Gasteiger partial charge >= 0.3 is 35.8 Å². The van der Waals surface area contributed by atoms with E-state index < -0.39 is 79.2 Å². The van der Waals surface area contributed by atoms with Gasteiger partial charge in [0.05, 0.1) is 11.1 Å². The molecule has 0 aromatic heterocycles. The molecule has 3 rings (SSSR count). The van der Waals surface area contributed by atoms with Gasteiger partial charge < -0.3 is 33.2 Å². The van der Waals surface area contributed by atoms with Crippen molar-refractivity contribution < 1.29 is 61.9 Å². The Labute approximate surface area is 240 Å². The molecular formula is C29H30O13. The summed E-state index contributed by atoms with van der Waals surface area (Å²) in [6.45, 7) is 3.63. The molecule has 1 saturated heterocycles. The van der Waals surface area contributed by atoms with Crippen molar-refractivity contribution in [2.24, 2.45) is 0 Å². The van der Waals surface area contributed by atoms with Crippen LogP contribution in [0.5, 0.6) is 0 Å². The summed E-state index contributed by atoms with van der Waals surface area (Å²) < 4.78 is 38.7. The average Bonchev–Trinajstić information content (AvgIpc) is 3.03. The Balaban J connectivity index is 2.20. The molecule has 224 valence electrons. The number of esters is 6. The maximum Gasteiger partial charge on any atom is 0.338 e. The Morgan fingerprint density at radius 2 is 0.976 bits per heavy atom. The number of rotatable bonds is 9. The van der Waals surface area contributed by atoms with Gasteiger partial charge in [-0.25, -0.2) is 9.59 Å². The second-order valence-electron chi connectivity index (χ2n) is 9.07. The fraction of sp³-hybridized carbons (Fsp3) is 0.379. The fourth-order valence-corrected chi connectivity index (χ4v) is 4.11. The predicted octanol–water partition coefficient (Wildman–Crippen LogP) is 2.15. The monoisotopic (exact) mass is 586 g/mol. The van der Waals surface area contributed by atoms with Gasteiger partial charge in [-0.2, -0.15) is 0 Å². The first kappa shape index (κ1) is 31.7. The molecule has 2 aromatic rings. The summed E-state index contributed by atoms with van der Waals surface area (Å²) in [6.07, 6.45) is -10.1. The second kappa shape index (κ2) is 14.7. The van der Waals surface area contributed by atoms with E-state index in [1.54, 1.807) is 36.4 Å². The Hall–Kier alpha value is -4.78. The minimum Gasteiger partial charge on any atom is -0.463 e. The topological polar surface area (TPSA) is 167 Å². The van der Waals surface area contributed by atoms with E-state index in [9.17, 15) is 28.8 Å². The number of hydrogen-bond acceptors (Lipinski definition) is 13. The molecule has 0 spiro atoms. The summed E-state index contributed by atoms with van der Waals surface area (Å²) >= 11 is 0. The van der Waals surface area contributed by atoms with E-state index in [1.807, 2.05) is 0 Å². The molecule has 0 radical (unpaired) electrons. The average molecular weight is 587 g/mol. The molecule has 2 aromatic carbocycles. The van der Waals surface area contributed by atoms with Crippen molar-refractivity contribution in [1.29, 1.82) is 0 Å². The van der Waals surface area contributed by atoms with Crippen LogP contribution < -0.4 is 0 Å². The number of ether oxygens (including phenoxy) is 7. The van der Waals surface area contributed by atoms with Crippen molar-refractivity contribution in [2.45, 2.75) is 64.5 Å². The molecule has 1 aliphatic rings. The molecule has 1 fully saturated rings. The molecule has 13 nitrogen and oxygen atoms in total. The van der Waals surface area contributed by atoms with Gasteiger partial charge in [-0.05, 0) is 24.3 Å². The van der Waals surface area contributed by atoms with Crippen LogP contribution in [0.25, 0.3) is 0 Å². The standard InChI is InChI=1S/C29H30O13/c1-16(30)36-15-22-23(41-27(34)20-11-7-5-8-12-20)24(42-28(35)21-13-9-6-10-14-21)25(37-17(2)31)26(38-18(3)32)29(40-22)39-19(4)33/h5-14,22-26,29H,15H2,1-4H3/t22-,23-,24+,25-,26-,29?/m1/s1. The van der Waals surface area contributed by atoms with Crippen molar-refractivity contribution in [1.82, 2.24) is 0 Å². The quantitative estimate of drug-likeness (QED) is 0.310. The highest BCUT2D eigenvalue weighted by Crippen LogP contribution is 2.32. The van der Waals surface area contributed by atoms with Crippen LogP contribution in [0.15, 0.2) is 60.7 Å². The van der Waals surface area contributed by atoms with Gasteiger partial charge in [-0.3, -0.25) is 19.2 Å². The van der Waals surface area contributed by atoms with Crippen LogP contribution in [-0.4, -0.2) is 79.2 Å². The lowest BCUT2D eigenvalue weighted by atomic mass is 9.99. The zero-order valence-corrected chi connectivity index (χ0v) is 23.3. The highest BCUT2D eigenvalue weighted by Gasteiger charge is 2.55. The predicted molar refractivity (Wildman–Crippen MR) is 139 cm³/mol. The summed E-state index contributed by atoms with van der Waals surface area (Å²) in [4.78, 5) is 74.8. The molecule has 1 aliphatic heterocycles. The molecule has 6 atom stereocenters. The number of carbonyl (C=O) groups is 6. The van der Waals surface area contributed by atoms with Crippen LogP contribution in [0.3, 0.4) is 0 Å². The van der Waals surface area contributed by atoms with Crippen molar-refractivity contribution in [3.63, 3.8) is 0 Å². The zero-order chi connectivity index (χ0) is 30.8. The molecule has 0 aliphatic carbocycles. The minimum atomic E-state index is -1.78. The van der Waals surface area contributed by atoms with Crippen LogP contribution >= 0.6 is 0 Å². The van der Waals surface area contributed by atoms with E-state index in [2.05, 4.69) is 0 Å². The Bertz CT molecular complexity index is 1280. The normalized spacial score (nSPS) is 23.3. The van der Waals surface area contributed by atoms with E-state index in [4.69, 9.17) is 33.2 Å². The van der Waals surface area contributed by atoms with Crippen LogP contribution in [-0.2, 0) is 52.3 Å². The Morgan fingerprint density at radius 1 is 0.548 bits per heavy atom. The van der Waals surface area contributed by atoms with Gasteiger partial charge in [0.15, 0.2) is 18.3 Å². The van der Waals surface area contributed by atoms with Gasteiger partial charge in [0.2, 0.25) is 12.4 Å². The first-order chi connectivity index (χ1) is 20.0. The maximum atomic E-state index is 13.3. The van der Waals surface area contributed by atoms with E-state index >= 15 is 0 Å². The third-order valence-electron chi connectivity index (χ3n) is 5.76. The van der Waals surface area contributed by atoms with Gasteiger partial charge in [0, 0.05) is 27.7 Å². The van der Waals surface area contributed by atoms with Gasteiger partial charge in [0.1, 0.15) is 12.7 Å². The highest BCUT2D eigenvalue weighted by molar-refractivity contribution is 5.90. The van der Waals surface area contributed by atoms with Crippen LogP contribution in [0, 0.1) is 0 Å². The largest absolute Gasteiger partial charge is 0.463 e. The van der Waals surface area contributed by atoms with Gasteiger partial charge in [-0.15, -0.1) is 0 Å². The van der Waals surface area contributed by atoms with E-state index in [0.717, 1.165) is 27.7 Å². The maximum absolute atomic E-state index is 13.3. The first-order valence-corrected chi connectivity index (χ1v) is 12.8. The number of hydrogen-bond donors (Lipinski definition) is 0. The lowest BCUT2D eigenvalue weighted by Gasteiger charge is -2.34. The first-order valence-electron chi connectivity index (χ1n) is 12.8. The summed E-state index contributed by atoms with van der Waals surface area (Å²) in [6, 6.07) is 15.5. The zero-order valence-electron chi connectivity index (χ0n) is 23.3.